The predicted octanol–water partition coefficient (Wildman–Crippen LogP) is 1.49. The van der Waals surface area contributed by atoms with Crippen molar-refractivity contribution in [3.63, 3.8) is 0 Å². The number of aromatic amines is 1. The molecule has 9 heteroatoms. The number of rotatable bonds is 2. The zero-order valence-electron chi connectivity index (χ0n) is 8.04. The minimum absolute atomic E-state index is 0.227. The highest BCUT2D eigenvalue weighted by atomic mass is 79.9. The van der Waals surface area contributed by atoms with E-state index in [0.29, 0.717) is 0 Å². The molecule has 0 aliphatic heterocycles. The van der Waals surface area contributed by atoms with Crippen LogP contribution in [0.1, 0.15) is 10.6 Å². The Bertz CT molecular complexity index is 536. The summed E-state index contributed by atoms with van der Waals surface area (Å²) < 4.78 is 27.0. The molecule has 2 N–H and O–H groups in total. The number of hydrogen-bond donors (Lipinski definition) is 2. The van der Waals surface area contributed by atoms with Gasteiger partial charge in [-0.2, -0.15) is 5.21 Å². The maximum atomic E-state index is 13.4. The second-order valence-corrected chi connectivity index (χ2v) is 3.85. The lowest BCUT2D eigenvalue weighted by molar-refractivity contribution is 0.101. The van der Waals surface area contributed by atoms with E-state index < -0.39 is 23.2 Å². The zero-order chi connectivity index (χ0) is 12.4. The van der Waals surface area contributed by atoms with E-state index in [1.807, 2.05) is 5.32 Å². The van der Waals surface area contributed by atoms with Gasteiger partial charge in [-0.1, -0.05) is 15.9 Å². The second-order valence-electron chi connectivity index (χ2n) is 2.93. The summed E-state index contributed by atoms with van der Waals surface area (Å²) in [5.74, 6) is -2.99. The molecule has 6 nitrogen and oxygen atoms in total. The molecule has 0 spiro atoms. The second kappa shape index (κ2) is 4.53. The normalized spacial score (nSPS) is 10.3. The topological polar surface area (TPSA) is 83.6 Å². The molecule has 0 radical (unpaired) electrons. The molecule has 2 aromatic rings. The van der Waals surface area contributed by atoms with Crippen molar-refractivity contribution in [3.8, 4) is 0 Å². The largest absolute Gasteiger partial charge is 0.314 e. The number of anilines is 1. The fraction of sp³-hybridized carbons (Fsp3) is 0. The highest BCUT2D eigenvalue weighted by Crippen LogP contribution is 2.23. The molecule has 0 aliphatic carbocycles. The van der Waals surface area contributed by atoms with E-state index in [-0.39, 0.29) is 10.3 Å². The molecular formula is C8H4BrF2N5O. The minimum atomic E-state index is -0.909. The van der Waals surface area contributed by atoms with Crippen LogP contribution in [0, 0.1) is 11.6 Å². The number of tetrazole rings is 1. The van der Waals surface area contributed by atoms with E-state index in [2.05, 4.69) is 36.6 Å². The third-order valence-electron chi connectivity index (χ3n) is 1.79. The van der Waals surface area contributed by atoms with Crippen molar-refractivity contribution in [1.29, 1.82) is 0 Å². The smallest absolute Gasteiger partial charge is 0.297 e. The summed E-state index contributed by atoms with van der Waals surface area (Å²) in [6.07, 6.45) is 0. The van der Waals surface area contributed by atoms with Gasteiger partial charge >= 0.3 is 0 Å². The van der Waals surface area contributed by atoms with Crippen LogP contribution in [0.25, 0.3) is 0 Å². The van der Waals surface area contributed by atoms with Crippen LogP contribution in [0.15, 0.2) is 16.6 Å². The number of aromatic nitrogens is 4. The molecular weight excluding hydrogens is 300 g/mol. The average molecular weight is 304 g/mol. The fourth-order valence-corrected chi connectivity index (χ4v) is 1.49. The summed E-state index contributed by atoms with van der Waals surface area (Å²) in [5.41, 5.74) is -0.567. The summed E-state index contributed by atoms with van der Waals surface area (Å²) in [4.78, 5) is 11.4. The molecule has 1 aromatic carbocycles. The predicted molar refractivity (Wildman–Crippen MR) is 56.2 cm³/mol. The van der Waals surface area contributed by atoms with Crippen LogP contribution in [0.5, 0.6) is 0 Å². The molecule has 0 unspecified atom stereocenters. The average Bonchev–Trinajstić information content (AvgIpc) is 2.76. The van der Waals surface area contributed by atoms with Gasteiger partial charge in [-0.25, -0.2) is 8.78 Å². The van der Waals surface area contributed by atoms with E-state index in [4.69, 9.17) is 0 Å². The maximum absolute atomic E-state index is 13.4. The summed E-state index contributed by atoms with van der Waals surface area (Å²) in [6.45, 7) is 0. The van der Waals surface area contributed by atoms with Gasteiger partial charge in [0, 0.05) is 4.47 Å². The van der Waals surface area contributed by atoms with Gasteiger partial charge < -0.3 is 5.32 Å². The van der Waals surface area contributed by atoms with Gasteiger partial charge in [0.05, 0.1) is 0 Å². The highest BCUT2D eigenvalue weighted by molar-refractivity contribution is 9.10. The molecule has 17 heavy (non-hydrogen) atoms. The van der Waals surface area contributed by atoms with Gasteiger partial charge in [0.25, 0.3) is 11.7 Å². The Morgan fingerprint density at radius 3 is 2.53 bits per heavy atom. The number of halogens is 3. The number of carbonyl (C=O) groups excluding carboxylic acids is 1. The maximum Gasteiger partial charge on any atom is 0.297 e. The quantitative estimate of drug-likeness (QED) is 0.880. The van der Waals surface area contributed by atoms with Gasteiger partial charge in [-0.05, 0) is 17.3 Å². The van der Waals surface area contributed by atoms with Crippen molar-refractivity contribution in [2.45, 2.75) is 0 Å². The number of amides is 1. The van der Waals surface area contributed by atoms with Crippen molar-refractivity contribution in [2.24, 2.45) is 0 Å². The first-order chi connectivity index (χ1) is 8.08. The van der Waals surface area contributed by atoms with E-state index in [9.17, 15) is 13.6 Å². The molecule has 1 aromatic heterocycles. The first-order valence-electron chi connectivity index (χ1n) is 4.27. The van der Waals surface area contributed by atoms with Crippen LogP contribution >= 0.6 is 15.9 Å². The van der Waals surface area contributed by atoms with Gasteiger partial charge in [0.15, 0.2) is 11.6 Å². The molecule has 0 bridgehead atoms. The fourth-order valence-electron chi connectivity index (χ4n) is 1.09. The summed E-state index contributed by atoms with van der Waals surface area (Å²) >= 11 is 2.92. The first kappa shape index (κ1) is 11.6. The van der Waals surface area contributed by atoms with Crippen LogP contribution in [0.3, 0.4) is 0 Å². The van der Waals surface area contributed by atoms with Crippen molar-refractivity contribution in [3.05, 3.63) is 34.1 Å². The first-order valence-corrected chi connectivity index (χ1v) is 5.06. The monoisotopic (exact) mass is 303 g/mol. The Kier molecular flexibility index (Phi) is 3.09. The molecule has 0 aliphatic rings. The third kappa shape index (κ3) is 2.44. The number of hydrogen-bond acceptors (Lipinski definition) is 4. The standard InChI is InChI=1S/C8H4BrF2N5O/c9-3-1-4(10)6(5(11)2-3)12-8(17)7-13-15-16-14-7/h1-2H,(H,12,17)(H,13,14,15,16). The lowest BCUT2D eigenvalue weighted by Gasteiger charge is -2.05. The van der Waals surface area contributed by atoms with Gasteiger partial charge in [-0.3, -0.25) is 4.79 Å². The Morgan fingerprint density at radius 1 is 1.35 bits per heavy atom. The van der Waals surface area contributed by atoms with E-state index >= 15 is 0 Å². The molecule has 0 atom stereocenters. The van der Waals surface area contributed by atoms with Crippen LogP contribution < -0.4 is 5.32 Å². The molecule has 2 rings (SSSR count). The van der Waals surface area contributed by atoms with Crippen LogP contribution in [-0.2, 0) is 0 Å². The molecule has 0 saturated heterocycles. The number of H-pyrrole nitrogens is 1. The van der Waals surface area contributed by atoms with Crippen LogP contribution in [0.2, 0.25) is 0 Å². The number of benzene rings is 1. The van der Waals surface area contributed by atoms with E-state index in [1.54, 1.807) is 0 Å². The molecule has 0 fully saturated rings. The van der Waals surface area contributed by atoms with E-state index in [1.165, 1.54) is 0 Å². The number of nitrogens with one attached hydrogen (secondary N) is 2. The Hall–Kier alpha value is -1.90. The molecule has 1 heterocycles. The Labute approximate surface area is 102 Å². The third-order valence-corrected chi connectivity index (χ3v) is 2.25. The molecule has 1 amide bonds. The summed E-state index contributed by atoms with van der Waals surface area (Å²) in [6, 6.07) is 2.05. The van der Waals surface area contributed by atoms with Crippen molar-refractivity contribution in [1.82, 2.24) is 20.6 Å². The lowest BCUT2D eigenvalue weighted by Crippen LogP contribution is -2.16. The minimum Gasteiger partial charge on any atom is -0.314 e. The summed E-state index contributed by atoms with van der Waals surface area (Å²) in [7, 11) is 0. The van der Waals surface area contributed by atoms with Gasteiger partial charge in [0.1, 0.15) is 5.69 Å². The number of nitrogens with zero attached hydrogens (tertiary/aromatic N) is 3. The SMILES string of the molecule is O=C(Nc1c(F)cc(Br)cc1F)c1nn[nH]n1. The van der Waals surface area contributed by atoms with E-state index in [0.717, 1.165) is 12.1 Å². The zero-order valence-corrected chi connectivity index (χ0v) is 9.62. The van der Waals surface area contributed by atoms with Gasteiger partial charge in [0.2, 0.25) is 0 Å². The van der Waals surface area contributed by atoms with Crippen LogP contribution in [0.4, 0.5) is 14.5 Å². The summed E-state index contributed by atoms with van der Waals surface area (Å²) in [5, 5.41) is 14.0. The highest BCUT2D eigenvalue weighted by Gasteiger charge is 2.17. The Morgan fingerprint density at radius 2 is 2.00 bits per heavy atom. The number of carbonyl (C=O) groups is 1. The lowest BCUT2D eigenvalue weighted by atomic mass is 10.3. The molecule has 0 saturated carbocycles. The van der Waals surface area contributed by atoms with Crippen molar-refractivity contribution < 1.29 is 13.6 Å². The van der Waals surface area contributed by atoms with Crippen LogP contribution in [-0.4, -0.2) is 26.5 Å². The Balaban J connectivity index is 2.28. The molecule has 88 valence electrons. The van der Waals surface area contributed by atoms with Gasteiger partial charge in [-0.15, -0.1) is 10.2 Å². The van der Waals surface area contributed by atoms with Crippen molar-refractivity contribution >= 4 is 27.5 Å². The van der Waals surface area contributed by atoms with Crippen molar-refractivity contribution in [2.75, 3.05) is 5.32 Å².